The van der Waals surface area contributed by atoms with Gasteiger partial charge in [-0.25, -0.2) is 29.3 Å². The molecular formula is C43H45N7O12. The van der Waals surface area contributed by atoms with E-state index in [2.05, 4.69) is 30.9 Å². The minimum absolute atomic E-state index is 0.0143. The monoisotopic (exact) mass is 851 g/mol. The van der Waals surface area contributed by atoms with E-state index in [1.54, 1.807) is 78.9 Å². The molecule has 2 aromatic heterocycles. The molecule has 62 heavy (non-hydrogen) atoms. The molecule has 0 aliphatic carbocycles. The highest BCUT2D eigenvalue weighted by Crippen LogP contribution is 2.38. The number of hydrogen-bond acceptors (Lipinski definition) is 15. The molecule has 6 rings (SSSR count). The normalized spacial score (nSPS) is 17.8. The lowest BCUT2D eigenvalue weighted by molar-refractivity contribution is -0.165. The van der Waals surface area contributed by atoms with Crippen molar-refractivity contribution < 1.29 is 57.2 Å². The van der Waals surface area contributed by atoms with E-state index in [0.29, 0.717) is 5.56 Å². The second kappa shape index (κ2) is 21.2. The van der Waals surface area contributed by atoms with E-state index < -0.39 is 72.6 Å². The Balaban J connectivity index is 1.26. The Morgan fingerprint density at radius 2 is 1.31 bits per heavy atom. The summed E-state index contributed by atoms with van der Waals surface area (Å²) in [7, 11) is 1.17. The Morgan fingerprint density at radius 1 is 0.726 bits per heavy atom. The Kier molecular flexibility index (Phi) is 15.1. The van der Waals surface area contributed by atoms with Crippen LogP contribution in [0.5, 0.6) is 0 Å². The molecule has 3 heterocycles. The number of alkyl carbamates (subject to hydrolysis) is 2. The number of methoxy groups -OCH3 is 1. The smallest absolute Gasteiger partial charge is 0.408 e. The van der Waals surface area contributed by atoms with Crippen LogP contribution in [0.3, 0.4) is 0 Å². The molecule has 19 nitrogen and oxygen atoms in total. The highest BCUT2D eigenvalue weighted by Gasteiger charge is 2.51. The van der Waals surface area contributed by atoms with E-state index >= 15 is 0 Å². The second-order valence-corrected chi connectivity index (χ2v) is 14.1. The molecule has 1 unspecified atom stereocenters. The van der Waals surface area contributed by atoms with E-state index in [-0.39, 0.29) is 49.5 Å². The first-order valence-corrected chi connectivity index (χ1v) is 19.5. The number of aromatic nitrogens is 4. The largest absolute Gasteiger partial charge is 0.467 e. The quantitative estimate of drug-likeness (QED) is 0.0844. The molecule has 0 bridgehead atoms. The first-order chi connectivity index (χ1) is 30.0. The Bertz CT molecular complexity index is 2330. The second-order valence-electron chi connectivity index (χ2n) is 14.1. The number of amides is 3. The predicted octanol–water partition coefficient (Wildman–Crippen LogP) is 4.77. The first-order valence-electron chi connectivity index (χ1n) is 19.5. The number of carbonyl (C=O) groups is 6. The maximum atomic E-state index is 13.3. The van der Waals surface area contributed by atoms with Gasteiger partial charge in [0.1, 0.15) is 31.7 Å². The van der Waals surface area contributed by atoms with Crippen molar-refractivity contribution in [1.82, 2.24) is 30.2 Å². The summed E-state index contributed by atoms with van der Waals surface area (Å²) in [5.74, 6) is -2.57. The number of fused-ring (bicyclic) bond motifs is 1. The summed E-state index contributed by atoms with van der Waals surface area (Å²) in [4.78, 5) is 90.4. The molecule has 0 saturated carbocycles. The molecule has 5 aromatic rings. The summed E-state index contributed by atoms with van der Waals surface area (Å²) in [6, 6.07) is 24.3. The molecule has 1 aliphatic rings. The third kappa shape index (κ3) is 11.9. The van der Waals surface area contributed by atoms with E-state index in [1.807, 2.05) is 12.1 Å². The molecule has 0 spiro atoms. The number of ether oxygens (including phenoxy) is 6. The van der Waals surface area contributed by atoms with Gasteiger partial charge < -0.3 is 44.4 Å². The number of rotatable bonds is 17. The number of anilines is 1. The summed E-state index contributed by atoms with van der Waals surface area (Å²) in [6.45, 7) is 2.24. The highest BCUT2D eigenvalue weighted by atomic mass is 16.6. The third-order valence-corrected chi connectivity index (χ3v) is 9.64. The Morgan fingerprint density at radius 3 is 1.90 bits per heavy atom. The fraction of sp³-hybridized carbons (Fsp3) is 0.326. The van der Waals surface area contributed by atoms with Gasteiger partial charge in [-0.05, 0) is 42.5 Å². The van der Waals surface area contributed by atoms with Gasteiger partial charge in [-0.3, -0.25) is 19.0 Å². The van der Waals surface area contributed by atoms with E-state index in [4.69, 9.17) is 28.4 Å². The molecular weight excluding hydrogens is 807 g/mol. The van der Waals surface area contributed by atoms with Gasteiger partial charge in [-0.15, -0.1) is 0 Å². The molecule has 3 aromatic carbocycles. The molecule has 6 atom stereocenters. The van der Waals surface area contributed by atoms with Crippen LogP contribution in [-0.4, -0.2) is 93.0 Å². The molecule has 0 radical (unpaired) electrons. The van der Waals surface area contributed by atoms with Crippen LogP contribution < -0.4 is 16.0 Å². The van der Waals surface area contributed by atoms with Crippen molar-refractivity contribution in [3.63, 3.8) is 0 Å². The van der Waals surface area contributed by atoms with Crippen LogP contribution in [-0.2, 0) is 56.0 Å². The van der Waals surface area contributed by atoms with Crippen molar-refractivity contribution in [3.8, 4) is 0 Å². The summed E-state index contributed by atoms with van der Waals surface area (Å²) >= 11 is 0. The van der Waals surface area contributed by atoms with Gasteiger partial charge in [0.15, 0.2) is 35.4 Å². The maximum absolute atomic E-state index is 13.3. The zero-order valence-electron chi connectivity index (χ0n) is 34.0. The predicted molar refractivity (Wildman–Crippen MR) is 218 cm³/mol. The third-order valence-electron chi connectivity index (χ3n) is 9.64. The number of benzene rings is 3. The lowest BCUT2D eigenvalue weighted by atomic mass is 9.97. The zero-order valence-corrected chi connectivity index (χ0v) is 34.0. The minimum Gasteiger partial charge on any atom is -0.467 e. The molecule has 1 aliphatic heterocycles. The van der Waals surface area contributed by atoms with Gasteiger partial charge >= 0.3 is 30.1 Å². The van der Waals surface area contributed by atoms with Crippen LogP contribution in [0.2, 0.25) is 0 Å². The van der Waals surface area contributed by atoms with Crippen LogP contribution in [0.1, 0.15) is 60.8 Å². The van der Waals surface area contributed by atoms with Gasteiger partial charge in [0.05, 0.1) is 13.4 Å². The summed E-state index contributed by atoms with van der Waals surface area (Å²) in [5.41, 5.74) is 2.19. The standard InChI is InChI=1S/C43H45N7O12/c1-26(51)60-35-33(62-40(36(35)61-27(2)52)50-25-46-34-37(44-24-45-38(34)50)49-39(53)30-17-11-6-12-18-30)21-31(47-42(55)58-22-28-13-7-4-8-14-28)19-20-32(41(54)57-3)48-43(56)59-23-29-15-9-5-10-16-29/h4-18,24-25,31-33,35-36,40H,19-23H2,1-3H3,(H,47,55)(H,48,56)(H,44,45,49,53)/t31-,32-,33+,35?,36-,40+/m0/s1. The zero-order chi connectivity index (χ0) is 44.0. The van der Waals surface area contributed by atoms with Crippen molar-refractivity contribution in [2.45, 2.75) is 82.9 Å². The molecule has 19 heteroatoms. The van der Waals surface area contributed by atoms with Crippen molar-refractivity contribution in [2.24, 2.45) is 0 Å². The van der Waals surface area contributed by atoms with Gasteiger partial charge in [0.2, 0.25) is 0 Å². The number of esters is 3. The molecule has 1 saturated heterocycles. The van der Waals surface area contributed by atoms with Gasteiger partial charge in [-0.2, -0.15) is 0 Å². The maximum Gasteiger partial charge on any atom is 0.408 e. The van der Waals surface area contributed by atoms with Crippen molar-refractivity contribution in [1.29, 1.82) is 0 Å². The van der Waals surface area contributed by atoms with Crippen LogP contribution in [0.15, 0.2) is 104 Å². The van der Waals surface area contributed by atoms with Crippen LogP contribution in [0.4, 0.5) is 15.4 Å². The summed E-state index contributed by atoms with van der Waals surface area (Å²) in [5, 5.41) is 8.08. The van der Waals surface area contributed by atoms with Crippen LogP contribution >= 0.6 is 0 Å². The fourth-order valence-electron chi connectivity index (χ4n) is 6.80. The number of nitrogens with one attached hydrogen (secondary N) is 3. The van der Waals surface area contributed by atoms with Gasteiger partial charge in [0, 0.05) is 25.5 Å². The van der Waals surface area contributed by atoms with Crippen LogP contribution in [0, 0.1) is 0 Å². The molecule has 324 valence electrons. The number of hydrogen-bond donors (Lipinski definition) is 3. The highest BCUT2D eigenvalue weighted by molar-refractivity contribution is 6.06. The van der Waals surface area contributed by atoms with Crippen molar-refractivity contribution in [3.05, 3.63) is 120 Å². The molecule has 3 amide bonds. The molecule has 1 fully saturated rings. The van der Waals surface area contributed by atoms with Gasteiger partial charge in [-0.1, -0.05) is 78.9 Å². The van der Waals surface area contributed by atoms with Crippen molar-refractivity contribution in [2.75, 3.05) is 12.4 Å². The van der Waals surface area contributed by atoms with Crippen molar-refractivity contribution >= 4 is 53.0 Å². The minimum atomic E-state index is -1.27. The molecule has 3 N–H and O–H groups in total. The fourth-order valence-corrected chi connectivity index (χ4v) is 6.80. The van der Waals surface area contributed by atoms with E-state index in [1.165, 1.54) is 38.2 Å². The summed E-state index contributed by atoms with van der Waals surface area (Å²) < 4.78 is 35.3. The number of nitrogens with zero attached hydrogens (tertiary/aromatic N) is 4. The Labute approximate surface area is 355 Å². The lowest BCUT2D eigenvalue weighted by Gasteiger charge is -2.27. The number of imidazole rings is 1. The Hall–Kier alpha value is -7.41. The topological polar surface area (TPSA) is 237 Å². The first kappa shape index (κ1) is 44.2. The average Bonchev–Trinajstić information content (AvgIpc) is 3.84. The summed E-state index contributed by atoms with van der Waals surface area (Å²) in [6.07, 6.45) is -4.09. The SMILES string of the molecule is COC(=O)[C@H](CC[C@@H](C[C@H]1O[C@@H](n2cnc3c(NC(=O)c4ccccc4)ncnc32)[C@@H](OC(C)=O)C1OC(C)=O)NC(=O)OCc1ccccc1)NC(=O)OCc1ccccc1. The van der Waals surface area contributed by atoms with Gasteiger partial charge in [0.25, 0.3) is 5.91 Å². The van der Waals surface area contributed by atoms with E-state index in [9.17, 15) is 28.8 Å². The lowest BCUT2D eigenvalue weighted by Crippen LogP contribution is -2.45. The average molecular weight is 852 g/mol. The number of carbonyl (C=O) groups excluding carboxylic acids is 6. The van der Waals surface area contributed by atoms with E-state index in [0.717, 1.165) is 11.1 Å². The van der Waals surface area contributed by atoms with Crippen LogP contribution in [0.25, 0.3) is 11.2 Å².